The lowest BCUT2D eigenvalue weighted by Crippen LogP contribution is -2.33. The van der Waals surface area contributed by atoms with E-state index in [4.69, 9.17) is 11.5 Å². The second-order valence-electron chi connectivity index (χ2n) is 4.03. The molecule has 0 unspecified atom stereocenters. The number of halogens is 4. The van der Waals surface area contributed by atoms with Crippen LogP contribution >= 0.6 is 0 Å². The van der Waals surface area contributed by atoms with Crippen LogP contribution in [0.3, 0.4) is 0 Å². The SMILES string of the molecule is Nc1n[nH]c(N)c1N=Nc1ccc(OC(F)(F)C(F)F)cc1. The van der Waals surface area contributed by atoms with Crippen LogP contribution in [0.4, 0.5) is 40.6 Å². The fourth-order valence-corrected chi connectivity index (χ4v) is 1.36. The van der Waals surface area contributed by atoms with Gasteiger partial charge in [-0.25, -0.2) is 0 Å². The van der Waals surface area contributed by atoms with Crippen molar-refractivity contribution in [3.05, 3.63) is 24.3 Å². The third-order valence-electron chi connectivity index (χ3n) is 2.40. The Balaban J connectivity index is 2.10. The molecule has 0 saturated carbocycles. The number of rotatable bonds is 5. The van der Waals surface area contributed by atoms with Gasteiger partial charge in [0.15, 0.2) is 11.5 Å². The number of H-pyrrole nitrogens is 1. The number of nitrogens with two attached hydrogens (primary N) is 2. The number of anilines is 2. The van der Waals surface area contributed by atoms with Crippen molar-refractivity contribution >= 4 is 23.0 Å². The first-order chi connectivity index (χ1) is 10.3. The summed E-state index contributed by atoms with van der Waals surface area (Å²) in [5, 5.41) is 13.5. The number of azo groups is 1. The summed E-state index contributed by atoms with van der Waals surface area (Å²) >= 11 is 0. The second-order valence-corrected chi connectivity index (χ2v) is 4.03. The van der Waals surface area contributed by atoms with E-state index in [0.29, 0.717) is 0 Å². The van der Waals surface area contributed by atoms with Crippen molar-refractivity contribution < 1.29 is 22.3 Å². The Morgan fingerprint density at radius 1 is 1.14 bits per heavy atom. The zero-order valence-electron chi connectivity index (χ0n) is 10.8. The fraction of sp³-hybridized carbons (Fsp3) is 0.182. The van der Waals surface area contributed by atoms with Gasteiger partial charge in [-0.05, 0) is 24.3 Å². The van der Waals surface area contributed by atoms with Gasteiger partial charge in [0.1, 0.15) is 11.6 Å². The van der Waals surface area contributed by atoms with Crippen molar-refractivity contribution in [3.8, 4) is 5.75 Å². The van der Waals surface area contributed by atoms with Gasteiger partial charge >= 0.3 is 12.5 Å². The molecule has 0 saturated heterocycles. The van der Waals surface area contributed by atoms with Crippen LogP contribution in [0.2, 0.25) is 0 Å². The molecule has 1 aromatic carbocycles. The molecule has 0 aliphatic rings. The topological polar surface area (TPSA) is 115 Å². The Morgan fingerprint density at radius 2 is 1.77 bits per heavy atom. The Morgan fingerprint density at radius 3 is 2.27 bits per heavy atom. The molecule has 2 rings (SSSR count). The largest absolute Gasteiger partial charge is 0.461 e. The summed E-state index contributed by atoms with van der Waals surface area (Å²) in [7, 11) is 0. The van der Waals surface area contributed by atoms with Gasteiger partial charge in [0, 0.05) is 0 Å². The minimum atomic E-state index is -4.57. The van der Waals surface area contributed by atoms with Crippen molar-refractivity contribution in [2.45, 2.75) is 12.5 Å². The summed E-state index contributed by atoms with van der Waals surface area (Å²) in [6, 6.07) is 4.58. The smallest absolute Gasteiger partial charge is 0.428 e. The highest BCUT2D eigenvalue weighted by Crippen LogP contribution is 2.30. The van der Waals surface area contributed by atoms with Crippen molar-refractivity contribution in [1.82, 2.24) is 10.2 Å². The van der Waals surface area contributed by atoms with Crippen molar-refractivity contribution in [1.29, 1.82) is 0 Å². The number of hydrogen-bond donors (Lipinski definition) is 3. The molecular formula is C11H10F4N6O. The molecule has 22 heavy (non-hydrogen) atoms. The predicted molar refractivity (Wildman–Crippen MR) is 69.6 cm³/mol. The molecule has 0 spiro atoms. The average Bonchev–Trinajstić information content (AvgIpc) is 2.77. The Kier molecular flexibility index (Phi) is 4.15. The van der Waals surface area contributed by atoms with Crippen LogP contribution in [-0.4, -0.2) is 22.7 Å². The molecule has 0 fully saturated rings. The fourth-order valence-electron chi connectivity index (χ4n) is 1.36. The normalized spacial score (nSPS) is 12.2. The van der Waals surface area contributed by atoms with Gasteiger partial charge in [-0.3, -0.25) is 5.10 Å². The number of aromatic nitrogens is 2. The Labute approximate surface area is 121 Å². The standard InChI is InChI=1S/C11H10F4N6O/c12-10(13)11(14,15)22-6-3-1-5(2-4-6)18-19-7-8(16)20-21-9(7)17/h1-4,10H,(H5,16,17,20,21). The number of nitrogen functional groups attached to an aromatic ring is 2. The van der Waals surface area contributed by atoms with E-state index in [2.05, 4.69) is 25.2 Å². The zero-order chi connectivity index (χ0) is 16.3. The summed E-state index contributed by atoms with van der Waals surface area (Å²) < 4.78 is 53.3. The van der Waals surface area contributed by atoms with E-state index in [-0.39, 0.29) is 23.0 Å². The van der Waals surface area contributed by atoms with E-state index in [1.165, 1.54) is 12.1 Å². The van der Waals surface area contributed by atoms with E-state index >= 15 is 0 Å². The molecule has 1 aromatic heterocycles. The number of ether oxygens (including phenoxy) is 1. The van der Waals surface area contributed by atoms with Crippen LogP contribution in [0.25, 0.3) is 0 Å². The van der Waals surface area contributed by atoms with Gasteiger partial charge < -0.3 is 16.2 Å². The molecule has 11 heteroatoms. The number of benzene rings is 1. The molecule has 2 aromatic rings. The Bertz CT molecular complexity index is 650. The molecule has 0 radical (unpaired) electrons. The average molecular weight is 318 g/mol. The molecule has 0 aliphatic carbocycles. The maximum atomic E-state index is 12.7. The highest BCUT2D eigenvalue weighted by Gasteiger charge is 2.43. The molecular weight excluding hydrogens is 308 g/mol. The summed E-state index contributed by atoms with van der Waals surface area (Å²) in [6.45, 7) is 0. The first kappa shape index (κ1) is 15.5. The van der Waals surface area contributed by atoms with Crippen LogP contribution in [0, 0.1) is 0 Å². The second kappa shape index (κ2) is 5.87. The van der Waals surface area contributed by atoms with Gasteiger partial charge in [-0.2, -0.15) is 27.8 Å². The van der Waals surface area contributed by atoms with Crippen LogP contribution in [0.1, 0.15) is 0 Å². The molecule has 0 aliphatic heterocycles. The molecule has 0 amide bonds. The molecule has 0 bridgehead atoms. The van der Waals surface area contributed by atoms with E-state index in [1.54, 1.807) is 0 Å². The minimum Gasteiger partial charge on any atom is -0.428 e. The minimum absolute atomic E-state index is 0.0396. The maximum Gasteiger partial charge on any atom is 0.461 e. The van der Waals surface area contributed by atoms with Gasteiger partial charge in [-0.15, -0.1) is 5.11 Å². The number of nitrogens with zero attached hydrogens (tertiary/aromatic N) is 3. The Hall–Kier alpha value is -2.85. The number of alkyl halides is 4. The molecule has 7 nitrogen and oxygen atoms in total. The maximum absolute atomic E-state index is 12.7. The van der Waals surface area contributed by atoms with Crippen molar-refractivity contribution in [2.75, 3.05) is 11.5 Å². The summed E-state index contributed by atoms with van der Waals surface area (Å²) in [6.07, 6.45) is -8.50. The highest BCUT2D eigenvalue weighted by atomic mass is 19.3. The van der Waals surface area contributed by atoms with E-state index in [0.717, 1.165) is 12.1 Å². The molecule has 118 valence electrons. The monoisotopic (exact) mass is 318 g/mol. The quantitative estimate of drug-likeness (QED) is 0.580. The van der Waals surface area contributed by atoms with Crippen molar-refractivity contribution in [3.63, 3.8) is 0 Å². The molecule has 5 N–H and O–H groups in total. The van der Waals surface area contributed by atoms with Gasteiger partial charge in [-0.1, -0.05) is 0 Å². The van der Waals surface area contributed by atoms with Gasteiger partial charge in [0.25, 0.3) is 0 Å². The zero-order valence-corrected chi connectivity index (χ0v) is 10.8. The van der Waals surface area contributed by atoms with E-state index in [1.807, 2.05) is 0 Å². The number of hydrogen-bond acceptors (Lipinski definition) is 6. The van der Waals surface area contributed by atoms with Crippen LogP contribution in [-0.2, 0) is 0 Å². The third kappa shape index (κ3) is 3.42. The molecule has 0 atom stereocenters. The van der Waals surface area contributed by atoms with E-state index in [9.17, 15) is 17.6 Å². The van der Waals surface area contributed by atoms with Crippen molar-refractivity contribution in [2.24, 2.45) is 10.2 Å². The van der Waals surface area contributed by atoms with Gasteiger partial charge in [0.2, 0.25) is 0 Å². The first-order valence-electron chi connectivity index (χ1n) is 5.75. The lowest BCUT2D eigenvalue weighted by Gasteiger charge is -2.16. The predicted octanol–water partition coefficient (Wildman–Crippen LogP) is 3.23. The van der Waals surface area contributed by atoms with Crippen LogP contribution in [0.15, 0.2) is 34.5 Å². The number of aromatic amines is 1. The molecule has 1 heterocycles. The first-order valence-corrected chi connectivity index (χ1v) is 5.75. The summed E-state index contributed by atoms with van der Waals surface area (Å²) in [5.41, 5.74) is 11.4. The van der Waals surface area contributed by atoms with Crippen LogP contribution in [0.5, 0.6) is 5.75 Å². The summed E-state index contributed by atoms with van der Waals surface area (Å²) in [5.74, 6) is -0.290. The lowest BCUT2D eigenvalue weighted by molar-refractivity contribution is -0.253. The third-order valence-corrected chi connectivity index (χ3v) is 2.40. The van der Waals surface area contributed by atoms with Crippen LogP contribution < -0.4 is 16.2 Å². The van der Waals surface area contributed by atoms with E-state index < -0.39 is 18.3 Å². The highest BCUT2D eigenvalue weighted by molar-refractivity contribution is 5.70. The lowest BCUT2D eigenvalue weighted by atomic mass is 10.3. The number of nitrogens with one attached hydrogen (secondary N) is 1. The summed E-state index contributed by atoms with van der Waals surface area (Å²) in [4.78, 5) is 0. The van der Waals surface area contributed by atoms with Gasteiger partial charge in [0.05, 0.1) is 5.69 Å².